The van der Waals surface area contributed by atoms with E-state index in [0.717, 1.165) is 6.26 Å². The number of nitrogens with zero attached hydrogens (tertiary/aromatic N) is 2. The molecule has 1 atom stereocenters. The molecule has 0 aliphatic carbocycles. The lowest BCUT2D eigenvalue weighted by Crippen LogP contribution is -2.54. The molecule has 96 valence electrons. The minimum Gasteiger partial charge on any atom is -0.360 e. The van der Waals surface area contributed by atoms with Crippen LogP contribution in [0.25, 0.3) is 0 Å². The Morgan fingerprint density at radius 3 is 2.59 bits per heavy atom. The van der Waals surface area contributed by atoms with Crippen LogP contribution >= 0.6 is 0 Å². The summed E-state index contributed by atoms with van der Waals surface area (Å²) in [5, 5.41) is 8.72. The Morgan fingerprint density at radius 2 is 2.12 bits per heavy atom. The highest BCUT2D eigenvalue weighted by Crippen LogP contribution is 2.20. The van der Waals surface area contributed by atoms with Crippen LogP contribution in [-0.4, -0.2) is 56.0 Å². The van der Waals surface area contributed by atoms with Crippen molar-refractivity contribution < 1.29 is 17.9 Å². The molecule has 1 heterocycles. The molecule has 1 unspecified atom stereocenters. The molecule has 6 nitrogen and oxygen atoms in total. The van der Waals surface area contributed by atoms with Gasteiger partial charge in [0, 0.05) is 12.8 Å². The third-order valence-corrected chi connectivity index (χ3v) is 4.97. The number of carbonyl (C=O) groups is 1. The zero-order chi connectivity index (χ0) is 13.3. The van der Waals surface area contributed by atoms with Gasteiger partial charge < -0.3 is 9.64 Å². The van der Waals surface area contributed by atoms with Crippen molar-refractivity contribution in [2.45, 2.75) is 24.7 Å². The maximum Gasteiger partial charge on any atom is 0.243 e. The van der Waals surface area contributed by atoms with E-state index in [0.29, 0.717) is 6.54 Å². The number of amides is 1. The fraction of sp³-hybridized carbons (Fsp3) is 0.800. The summed E-state index contributed by atoms with van der Waals surface area (Å²) in [6.07, 6.45) is 0.357. The van der Waals surface area contributed by atoms with Gasteiger partial charge in [0.05, 0.1) is 19.2 Å². The summed E-state index contributed by atoms with van der Waals surface area (Å²) >= 11 is 0. The lowest BCUT2D eigenvalue weighted by atomic mass is 10.1. The molecule has 0 aromatic heterocycles. The molecule has 0 saturated carbocycles. The van der Waals surface area contributed by atoms with Crippen molar-refractivity contribution in [2.24, 2.45) is 0 Å². The Balaban J connectivity index is 2.88. The lowest BCUT2D eigenvalue weighted by Gasteiger charge is -2.34. The van der Waals surface area contributed by atoms with Gasteiger partial charge in [-0.1, -0.05) is 0 Å². The highest BCUT2D eigenvalue weighted by Gasteiger charge is 2.42. The van der Waals surface area contributed by atoms with Crippen LogP contribution in [0, 0.1) is 11.3 Å². The number of sulfone groups is 1. The highest BCUT2D eigenvalue weighted by molar-refractivity contribution is 7.92. The quantitative estimate of drug-likeness (QED) is 0.671. The number of nitriles is 1. The molecule has 1 aliphatic heterocycles. The van der Waals surface area contributed by atoms with Gasteiger partial charge in [-0.15, -0.1) is 0 Å². The van der Waals surface area contributed by atoms with Crippen LogP contribution in [0.5, 0.6) is 0 Å². The van der Waals surface area contributed by atoms with Gasteiger partial charge in [-0.3, -0.25) is 4.79 Å². The van der Waals surface area contributed by atoms with E-state index in [-0.39, 0.29) is 13.2 Å². The molecule has 0 radical (unpaired) electrons. The Hall–Kier alpha value is -1.13. The molecular formula is C10H16N2O4S. The van der Waals surface area contributed by atoms with Gasteiger partial charge >= 0.3 is 0 Å². The first-order valence-electron chi connectivity index (χ1n) is 5.20. The molecule has 0 aromatic carbocycles. The molecule has 17 heavy (non-hydrogen) atoms. The van der Waals surface area contributed by atoms with E-state index < -0.39 is 26.6 Å². The lowest BCUT2D eigenvalue weighted by molar-refractivity contribution is -0.138. The van der Waals surface area contributed by atoms with Crippen molar-refractivity contribution in [2.75, 3.05) is 26.0 Å². The van der Waals surface area contributed by atoms with E-state index in [4.69, 9.17) is 10.00 Å². The van der Waals surface area contributed by atoms with Crippen molar-refractivity contribution in [3.05, 3.63) is 0 Å². The predicted molar refractivity (Wildman–Crippen MR) is 60.9 cm³/mol. The standard InChI is InChI=1S/C10H16N2O4S/c1-10(2,17(3,14)15)9(13)12-4-5-16-8(6-11)7-12/h8H,4-5,7H2,1-3H3. The Morgan fingerprint density at radius 1 is 1.53 bits per heavy atom. The smallest absolute Gasteiger partial charge is 0.243 e. The minimum atomic E-state index is -3.49. The maximum atomic E-state index is 12.1. The second kappa shape index (κ2) is 4.63. The molecule has 0 N–H and O–H groups in total. The van der Waals surface area contributed by atoms with Crippen LogP contribution in [-0.2, 0) is 19.4 Å². The summed E-state index contributed by atoms with van der Waals surface area (Å²) in [6.45, 7) is 3.44. The molecule has 1 aliphatic rings. The van der Waals surface area contributed by atoms with E-state index in [1.54, 1.807) is 0 Å². The summed E-state index contributed by atoms with van der Waals surface area (Å²) in [7, 11) is -3.49. The molecule has 7 heteroatoms. The zero-order valence-electron chi connectivity index (χ0n) is 10.1. The van der Waals surface area contributed by atoms with E-state index in [2.05, 4.69) is 0 Å². The predicted octanol–water partition coefficient (Wildman–Crippen LogP) is -0.439. The first kappa shape index (κ1) is 13.9. The van der Waals surface area contributed by atoms with E-state index in [1.165, 1.54) is 18.7 Å². The molecule has 1 rings (SSSR count). The molecule has 1 fully saturated rings. The van der Waals surface area contributed by atoms with Gasteiger partial charge in [0.15, 0.2) is 15.9 Å². The fourth-order valence-electron chi connectivity index (χ4n) is 1.45. The maximum absolute atomic E-state index is 12.1. The largest absolute Gasteiger partial charge is 0.360 e. The van der Waals surface area contributed by atoms with Crippen LogP contribution < -0.4 is 0 Å². The Labute approximate surface area is 101 Å². The highest BCUT2D eigenvalue weighted by atomic mass is 32.2. The van der Waals surface area contributed by atoms with Crippen molar-refractivity contribution in [1.29, 1.82) is 5.26 Å². The minimum absolute atomic E-state index is 0.119. The van der Waals surface area contributed by atoms with E-state index in [1.807, 2.05) is 6.07 Å². The van der Waals surface area contributed by atoms with Gasteiger partial charge in [-0.25, -0.2) is 8.42 Å². The number of rotatable bonds is 2. The number of ether oxygens (including phenoxy) is 1. The van der Waals surface area contributed by atoms with Gasteiger partial charge in [0.2, 0.25) is 5.91 Å². The van der Waals surface area contributed by atoms with Crippen molar-refractivity contribution in [3.8, 4) is 6.07 Å². The average molecular weight is 260 g/mol. The van der Waals surface area contributed by atoms with Gasteiger partial charge in [0.1, 0.15) is 4.75 Å². The topological polar surface area (TPSA) is 87.5 Å². The summed E-state index contributed by atoms with van der Waals surface area (Å²) < 4.78 is 26.7. The van der Waals surface area contributed by atoms with Crippen LogP contribution in [0.15, 0.2) is 0 Å². The van der Waals surface area contributed by atoms with Crippen molar-refractivity contribution in [1.82, 2.24) is 4.90 Å². The van der Waals surface area contributed by atoms with Gasteiger partial charge in [0.25, 0.3) is 0 Å². The Bertz CT molecular complexity index is 449. The summed E-state index contributed by atoms with van der Waals surface area (Å²) in [6, 6.07) is 1.91. The molecule has 0 spiro atoms. The van der Waals surface area contributed by atoms with Gasteiger partial charge in [-0.2, -0.15) is 5.26 Å². The first-order valence-corrected chi connectivity index (χ1v) is 7.09. The van der Waals surface area contributed by atoms with Crippen LogP contribution in [0.4, 0.5) is 0 Å². The van der Waals surface area contributed by atoms with Crippen molar-refractivity contribution in [3.63, 3.8) is 0 Å². The van der Waals surface area contributed by atoms with Crippen LogP contribution in [0.1, 0.15) is 13.8 Å². The molecule has 0 aromatic rings. The number of hydrogen-bond acceptors (Lipinski definition) is 5. The molecule has 1 saturated heterocycles. The monoisotopic (exact) mass is 260 g/mol. The number of carbonyl (C=O) groups excluding carboxylic acids is 1. The summed E-state index contributed by atoms with van der Waals surface area (Å²) in [5.74, 6) is -0.483. The molecule has 0 bridgehead atoms. The van der Waals surface area contributed by atoms with Crippen molar-refractivity contribution >= 4 is 15.7 Å². The molecule has 1 amide bonds. The Kier molecular flexibility index (Phi) is 3.79. The third kappa shape index (κ3) is 2.76. The first-order chi connectivity index (χ1) is 7.70. The second-order valence-electron chi connectivity index (χ2n) is 4.52. The van der Waals surface area contributed by atoms with Crippen LogP contribution in [0.3, 0.4) is 0 Å². The zero-order valence-corrected chi connectivity index (χ0v) is 11.0. The summed E-state index contributed by atoms with van der Waals surface area (Å²) in [5.41, 5.74) is 0. The SMILES string of the molecule is CC(C)(C(=O)N1CCOC(C#N)C1)S(C)(=O)=O. The average Bonchev–Trinajstić information content (AvgIpc) is 2.26. The number of morpholine rings is 1. The second-order valence-corrected chi connectivity index (χ2v) is 7.09. The number of hydrogen-bond donors (Lipinski definition) is 0. The summed E-state index contributed by atoms with van der Waals surface area (Å²) in [4.78, 5) is 13.5. The van der Waals surface area contributed by atoms with Gasteiger partial charge in [-0.05, 0) is 13.8 Å². The van der Waals surface area contributed by atoms with E-state index >= 15 is 0 Å². The fourth-order valence-corrected chi connectivity index (χ4v) is 1.90. The normalized spacial score (nSPS) is 22.0. The van der Waals surface area contributed by atoms with Crippen LogP contribution in [0.2, 0.25) is 0 Å². The van der Waals surface area contributed by atoms with E-state index in [9.17, 15) is 13.2 Å². The molecular weight excluding hydrogens is 244 g/mol. The third-order valence-electron chi connectivity index (χ3n) is 2.94.